The number of ketones is 1. The number of aryl methyl sites for hydroxylation is 1. The molecule has 0 atom stereocenters. The first-order valence-corrected chi connectivity index (χ1v) is 5.24. The molecule has 1 heterocycles. The van der Waals surface area contributed by atoms with Crippen molar-refractivity contribution in [3.63, 3.8) is 0 Å². The first-order chi connectivity index (χ1) is 7.70. The number of alkyl halides is 1. The van der Waals surface area contributed by atoms with Gasteiger partial charge in [-0.15, -0.1) is 21.8 Å². The van der Waals surface area contributed by atoms with Gasteiger partial charge in [0, 0.05) is 5.56 Å². The lowest BCUT2D eigenvalue weighted by molar-refractivity contribution is 0.0985. The molecule has 4 nitrogen and oxygen atoms in total. The number of hydrogen-bond acceptors (Lipinski definition) is 4. The normalized spacial score (nSPS) is 10.4. The molecule has 0 N–H and O–H groups in total. The van der Waals surface area contributed by atoms with Crippen molar-refractivity contribution in [3.8, 4) is 11.5 Å². The van der Waals surface area contributed by atoms with Crippen LogP contribution < -0.4 is 0 Å². The molecule has 0 saturated heterocycles. The molecule has 1 aromatic heterocycles. The monoisotopic (exact) mass is 236 g/mol. The van der Waals surface area contributed by atoms with E-state index < -0.39 is 0 Å². The fraction of sp³-hybridized carbons (Fsp3) is 0.182. The molecule has 0 spiro atoms. The van der Waals surface area contributed by atoms with Crippen LogP contribution >= 0.6 is 11.6 Å². The Labute approximate surface area is 97.3 Å². The summed E-state index contributed by atoms with van der Waals surface area (Å²) in [6, 6.07) is 7.60. The van der Waals surface area contributed by atoms with Crippen LogP contribution in [0, 0.1) is 6.92 Å². The predicted molar refractivity (Wildman–Crippen MR) is 59.5 cm³/mol. The molecular weight excluding hydrogens is 228 g/mol. The van der Waals surface area contributed by atoms with Crippen molar-refractivity contribution < 1.29 is 9.21 Å². The molecule has 0 aliphatic carbocycles. The van der Waals surface area contributed by atoms with Crippen molar-refractivity contribution in [2.45, 2.75) is 6.92 Å². The van der Waals surface area contributed by atoms with Gasteiger partial charge in [0.2, 0.25) is 11.7 Å². The van der Waals surface area contributed by atoms with Crippen molar-refractivity contribution in [1.29, 1.82) is 0 Å². The zero-order valence-electron chi connectivity index (χ0n) is 8.61. The van der Waals surface area contributed by atoms with E-state index in [9.17, 15) is 4.79 Å². The van der Waals surface area contributed by atoms with Crippen LogP contribution in [-0.2, 0) is 0 Å². The Hall–Kier alpha value is -1.68. The van der Waals surface area contributed by atoms with Crippen molar-refractivity contribution >= 4 is 17.4 Å². The number of carbonyl (C=O) groups is 1. The second-order valence-electron chi connectivity index (χ2n) is 3.34. The fourth-order valence-electron chi connectivity index (χ4n) is 1.29. The van der Waals surface area contributed by atoms with Crippen LogP contribution in [-0.4, -0.2) is 21.9 Å². The van der Waals surface area contributed by atoms with E-state index in [2.05, 4.69) is 10.2 Å². The molecular formula is C11H9ClN2O2. The number of Topliss-reactive ketones (excluding diaryl/α,β-unsaturated/α-hetero) is 1. The molecule has 0 saturated carbocycles. The summed E-state index contributed by atoms with van der Waals surface area (Å²) in [4.78, 5) is 11.2. The van der Waals surface area contributed by atoms with Crippen LogP contribution in [0.15, 0.2) is 28.7 Å². The Bertz CT molecular complexity index is 522. The van der Waals surface area contributed by atoms with Gasteiger partial charge in [-0.2, -0.15) is 0 Å². The topological polar surface area (TPSA) is 56.0 Å². The number of rotatable bonds is 3. The van der Waals surface area contributed by atoms with E-state index in [1.165, 1.54) is 0 Å². The maximum Gasteiger partial charge on any atom is 0.285 e. The minimum Gasteiger partial charge on any atom is -0.414 e. The highest BCUT2D eigenvalue weighted by molar-refractivity contribution is 6.29. The van der Waals surface area contributed by atoms with Gasteiger partial charge in [0.15, 0.2) is 0 Å². The van der Waals surface area contributed by atoms with Gasteiger partial charge in [0.05, 0.1) is 5.88 Å². The van der Waals surface area contributed by atoms with Crippen LogP contribution in [0.3, 0.4) is 0 Å². The van der Waals surface area contributed by atoms with Crippen LogP contribution in [0.4, 0.5) is 0 Å². The van der Waals surface area contributed by atoms with Gasteiger partial charge in [-0.25, -0.2) is 0 Å². The van der Waals surface area contributed by atoms with Crippen molar-refractivity contribution in [3.05, 3.63) is 35.7 Å². The molecule has 0 radical (unpaired) electrons. The van der Waals surface area contributed by atoms with Crippen LogP contribution in [0.2, 0.25) is 0 Å². The van der Waals surface area contributed by atoms with Crippen molar-refractivity contribution in [1.82, 2.24) is 10.2 Å². The average Bonchev–Trinajstić information content (AvgIpc) is 2.77. The lowest BCUT2D eigenvalue weighted by Gasteiger charge is -1.95. The number of halogens is 1. The molecule has 0 fully saturated rings. The summed E-state index contributed by atoms with van der Waals surface area (Å²) >= 11 is 5.39. The molecule has 2 rings (SSSR count). The van der Waals surface area contributed by atoms with Gasteiger partial charge in [0.25, 0.3) is 5.89 Å². The Kier molecular flexibility index (Phi) is 3.01. The van der Waals surface area contributed by atoms with E-state index in [1.807, 2.05) is 31.2 Å². The van der Waals surface area contributed by atoms with Gasteiger partial charge in [-0.05, 0) is 19.1 Å². The maximum absolute atomic E-state index is 11.2. The van der Waals surface area contributed by atoms with Crippen LogP contribution in [0.1, 0.15) is 16.2 Å². The largest absolute Gasteiger partial charge is 0.414 e. The second kappa shape index (κ2) is 4.45. The number of nitrogens with zero attached hydrogens (tertiary/aromatic N) is 2. The molecule has 16 heavy (non-hydrogen) atoms. The van der Waals surface area contributed by atoms with Crippen LogP contribution in [0.25, 0.3) is 11.5 Å². The molecule has 0 amide bonds. The van der Waals surface area contributed by atoms with E-state index in [1.54, 1.807) is 0 Å². The quantitative estimate of drug-likeness (QED) is 0.607. The molecule has 0 unspecified atom stereocenters. The fourth-order valence-corrected chi connectivity index (χ4v) is 1.40. The lowest BCUT2D eigenvalue weighted by Crippen LogP contribution is -1.99. The number of carbonyl (C=O) groups excluding carboxylic acids is 1. The predicted octanol–water partition coefficient (Wildman–Crippen LogP) is 2.47. The third-order valence-electron chi connectivity index (χ3n) is 2.05. The first kappa shape index (κ1) is 10.8. The summed E-state index contributed by atoms with van der Waals surface area (Å²) < 4.78 is 5.22. The van der Waals surface area contributed by atoms with Crippen molar-refractivity contribution in [2.24, 2.45) is 0 Å². The zero-order chi connectivity index (χ0) is 11.5. The third kappa shape index (κ3) is 2.12. The minimum absolute atomic E-state index is 0.0495. The maximum atomic E-state index is 11.2. The number of benzene rings is 1. The summed E-state index contributed by atoms with van der Waals surface area (Å²) in [6.45, 7) is 1.96. The Morgan fingerprint density at radius 1 is 1.44 bits per heavy atom. The summed E-state index contributed by atoms with van der Waals surface area (Å²) in [6.07, 6.45) is 0. The summed E-state index contributed by atoms with van der Waals surface area (Å²) in [5.74, 6) is -0.244. The molecule has 0 bridgehead atoms. The standard InChI is InChI=1S/C11H9ClN2O2/c1-7-3-2-4-8(5-7)10-13-14-11(16-10)9(15)6-12/h2-5H,6H2,1H3. The highest BCUT2D eigenvalue weighted by Gasteiger charge is 2.14. The third-order valence-corrected chi connectivity index (χ3v) is 2.29. The average molecular weight is 237 g/mol. The van der Waals surface area contributed by atoms with E-state index >= 15 is 0 Å². The highest BCUT2D eigenvalue weighted by Crippen LogP contribution is 2.18. The van der Waals surface area contributed by atoms with E-state index in [0.717, 1.165) is 11.1 Å². The van der Waals surface area contributed by atoms with Crippen LogP contribution in [0.5, 0.6) is 0 Å². The summed E-state index contributed by atoms with van der Waals surface area (Å²) in [7, 11) is 0. The smallest absolute Gasteiger partial charge is 0.285 e. The van der Waals surface area contributed by atoms with E-state index in [-0.39, 0.29) is 17.6 Å². The molecule has 5 heteroatoms. The SMILES string of the molecule is Cc1cccc(-c2nnc(C(=O)CCl)o2)c1. The Balaban J connectivity index is 2.35. The van der Waals surface area contributed by atoms with Gasteiger partial charge in [0.1, 0.15) is 0 Å². The first-order valence-electron chi connectivity index (χ1n) is 4.70. The lowest BCUT2D eigenvalue weighted by atomic mass is 10.1. The molecule has 0 aliphatic heterocycles. The minimum atomic E-state index is -0.368. The summed E-state index contributed by atoms with van der Waals surface area (Å²) in [5.41, 5.74) is 1.88. The van der Waals surface area contributed by atoms with E-state index in [4.69, 9.17) is 16.0 Å². The molecule has 1 aromatic carbocycles. The zero-order valence-corrected chi connectivity index (χ0v) is 9.36. The highest BCUT2D eigenvalue weighted by atomic mass is 35.5. The van der Waals surface area contributed by atoms with Gasteiger partial charge >= 0.3 is 0 Å². The molecule has 0 aliphatic rings. The van der Waals surface area contributed by atoms with E-state index in [0.29, 0.717) is 5.89 Å². The number of aromatic nitrogens is 2. The molecule has 2 aromatic rings. The molecule has 82 valence electrons. The van der Waals surface area contributed by atoms with Gasteiger partial charge in [-0.1, -0.05) is 17.7 Å². The van der Waals surface area contributed by atoms with Gasteiger partial charge in [-0.3, -0.25) is 4.79 Å². The van der Waals surface area contributed by atoms with Crippen molar-refractivity contribution in [2.75, 3.05) is 5.88 Å². The summed E-state index contributed by atoms with van der Waals surface area (Å²) in [5, 5.41) is 7.44. The second-order valence-corrected chi connectivity index (χ2v) is 3.61. The Morgan fingerprint density at radius 3 is 2.94 bits per heavy atom. The Morgan fingerprint density at radius 2 is 2.25 bits per heavy atom. The number of hydrogen-bond donors (Lipinski definition) is 0. The van der Waals surface area contributed by atoms with Gasteiger partial charge < -0.3 is 4.42 Å².